The number of halogens is 2. The Hall–Kier alpha value is -0.650. The molecule has 0 saturated carbocycles. The molecule has 0 spiro atoms. The fourth-order valence-electron chi connectivity index (χ4n) is 2.05. The molecule has 1 N–H and O–H groups in total. The van der Waals surface area contributed by atoms with Crippen LogP contribution in [0.4, 0.5) is 0 Å². The third-order valence-corrected chi connectivity index (χ3v) is 5.18. The van der Waals surface area contributed by atoms with Gasteiger partial charge >= 0.3 is 0 Å². The number of nitrogens with one attached hydrogen (secondary N) is 1. The van der Waals surface area contributed by atoms with Gasteiger partial charge in [0.2, 0.25) is 0 Å². The summed E-state index contributed by atoms with van der Waals surface area (Å²) in [6.07, 6.45) is 0. The Morgan fingerprint density at radius 2 is 1.86 bits per heavy atom. The van der Waals surface area contributed by atoms with E-state index in [0.29, 0.717) is 0 Å². The van der Waals surface area contributed by atoms with Crippen molar-refractivity contribution in [3.8, 4) is 5.69 Å². The molecule has 5 heteroatoms. The van der Waals surface area contributed by atoms with Crippen molar-refractivity contribution >= 4 is 31.9 Å². The van der Waals surface area contributed by atoms with Gasteiger partial charge < -0.3 is 5.32 Å². The molecule has 1 aromatic heterocycles. The van der Waals surface area contributed by atoms with E-state index in [0.717, 1.165) is 32.6 Å². The van der Waals surface area contributed by atoms with Gasteiger partial charge in [-0.1, -0.05) is 22.0 Å². The quantitative estimate of drug-likeness (QED) is 0.773. The van der Waals surface area contributed by atoms with Gasteiger partial charge in [-0.3, -0.25) is 0 Å². The summed E-state index contributed by atoms with van der Waals surface area (Å²) in [5.74, 6) is 0. The Morgan fingerprint density at radius 3 is 2.33 bits per heavy atom. The van der Waals surface area contributed by atoms with Crippen molar-refractivity contribution in [1.82, 2.24) is 15.1 Å². The van der Waals surface area contributed by atoms with Crippen LogP contribution in [0.3, 0.4) is 0 Å². The normalized spacial score (nSPS) is 12.0. The van der Waals surface area contributed by atoms with E-state index in [1.54, 1.807) is 0 Å². The second-order valence-electron chi connectivity index (χ2n) is 6.28. The third kappa shape index (κ3) is 3.96. The van der Waals surface area contributed by atoms with Crippen molar-refractivity contribution in [2.45, 2.75) is 46.7 Å². The SMILES string of the molecule is Cc1nn(-c2ccc(CNC(C)(C)C)c(Br)c2)c(C)c1Br. The number of hydrogen-bond donors (Lipinski definition) is 1. The minimum Gasteiger partial charge on any atom is -0.308 e. The van der Waals surface area contributed by atoms with Gasteiger partial charge in [0.15, 0.2) is 0 Å². The van der Waals surface area contributed by atoms with Crippen LogP contribution < -0.4 is 5.32 Å². The number of rotatable bonds is 3. The first kappa shape index (κ1) is 16.7. The first-order valence-electron chi connectivity index (χ1n) is 6.94. The Balaban J connectivity index is 2.28. The number of hydrogen-bond acceptors (Lipinski definition) is 2. The molecular weight excluding hydrogens is 394 g/mol. The molecule has 0 atom stereocenters. The second kappa shape index (κ2) is 6.23. The molecule has 0 aliphatic heterocycles. The first-order valence-corrected chi connectivity index (χ1v) is 8.53. The van der Waals surface area contributed by atoms with Crippen molar-refractivity contribution < 1.29 is 0 Å². The Labute approximate surface area is 143 Å². The number of aryl methyl sites for hydroxylation is 1. The van der Waals surface area contributed by atoms with E-state index < -0.39 is 0 Å². The lowest BCUT2D eigenvalue weighted by Crippen LogP contribution is -2.35. The maximum absolute atomic E-state index is 4.57. The molecule has 1 aromatic carbocycles. The molecule has 0 aliphatic carbocycles. The van der Waals surface area contributed by atoms with Crippen LogP contribution in [0.15, 0.2) is 27.1 Å². The molecule has 2 aromatic rings. The lowest BCUT2D eigenvalue weighted by molar-refractivity contribution is 0.424. The van der Waals surface area contributed by atoms with E-state index in [1.165, 1.54) is 5.56 Å². The Bertz CT molecular complexity index is 654. The summed E-state index contributed by atoms with van der Waals surface area (Å²) < 4.78 is 4.13. The van der Waals surface area contributed by atoms with E-state index in [4.69, 9.17) is 0 Å². The van der Waals surface area contributed by atoms with Crippen LogP contribution in [0.25, 0.3) is 5.69 Å². The largest absolute Gasteiger partial charge is 0.308 e. The summed E-state index contributed by atoms with van der Waals surface area (Å²) in [6, 6.07) is 6.37. The highest BCUT2D eigenvalue weighted by Gasteiger charge is 2.13. The van der Waals surface area contributed by atoms with Crippen LogP contribution >= 0.6 is 31.9 Å². The van der Waals surface area contributed by atoms with Crippen molar-refractivity contribution in [2.24, 2.45) is 0 Å². The number of benzene rings is 1. The highest BCUT2D eigenvalue weighted by Crippen LogP contribution is 2.26. The van der Waals surface area contributed by atoms with Crippen LogP contribution in [0.1, 0.15) is 37.7 Å². The topological polar surface area (TPSA) is 29.9 Å². The summed E-state index contributed by atoms with van der Waals surface area (Å²) in [4.78, 5) is 0. The zero-order valence-electron chi connectivity index (χ0n) is 13.1. The predicted octanol–water partition coefficient (Wildman–Crippen LogP) is 4.90. The number of aromatic nitrogens is 2. The zero-order chi connectivity index (χ0) is 15.8. The number of nitrogens with zero attached hydrogens (tertiary/aromatic N) is 2. The van der Waals surface area contributed by atoms with Crippen molar-refractivity contribution in [1.29, 1.82) is 0 Å². The van der Waals surface area contributed by atoms with Gasteiger partial charge in [0.1, 0.15) is 0 Å². The molecule has 0 amide bonds. The van der Waals surface area contributed by atoms with E-state index in [2.05, 4.69) is 88.2 Å². The van der Waals surface area contributed by atoms with E-state index in [1.807, 2.05) is 11.6 Å². The van der Waals surface area contributed by atoms with Crippen LogP contribution in [-0.2, 0) is 6.54 Å². The monoisotopic (exact) mass is 413 g/mol. The molecule has 0 fully saturated rings. The summed E-state index contributed by atoms with van der Waals surface area (Å²) >= 11 is 7.24. The van der Waals surface area contributed by atoms with Crippen molar-refractivity contribution in [3.05, 3.63) is 44.1 Å². The molecule has 0 aliphatic rings. The van der Waals surface area contributed by atoms with E-state index in [9.17, 15) is 0 Å². The van der Waals surface area contributed by atoms with Crippen LogP contribution in [-0.4, -0.2) is 15.3 Å². The van der Waals surface area contributed by atoms with Gasteiger partial charge in [0.25, 0.3) is 0 Å². The molecule has 0 bridgehead atoms. The molecule has 21 heavy (non-hydrogen) atoms. The Morgan fingerprint density at radius 1 is 1.19 bits per heavy atom. The summed E-state index contributed by atoms with van der Waals surface area (Å²) in [5.41, 5.74) is 4.53. The third-order valence-electron chi connectivity index (χ3n) is 3.29. The molecule has 0 saturated heterocycles. The molecule has 114 valence electrons. The van der Waals surface area contributed by atoms with Crippen molar-refractivity contribution in [2.75, 3.05) is 0 Å². The summed E-state index contributed by atoms with van der Waals surface area (Å²) in [6.45, 7) is 11.4. The zero-order valence-corrected chi connectivity index (χ0v) is 16.3. The highest BCUT2D eigenvalue weighted by molar-refractivity contribution is 9.10. The maximum atomic E-state index is 4.57. The Kier molecular flexibility index (Phi) is 4.96. The maximum Gasteiger partial charge on any atom is 0.0743 e. The fraction of sp³-hybridized carbons (Fsp3) is 0.438. The highest BCUT2D eigenvalue weighted by atomic mass is 79.9. The van der Waals surface area contributed by atoms with Crippen molar-refractivity contribution in [3.63, 3.8) is 0 Å². The average molecular weight is 415 g/mol. The fourth-order valence-corrected chi connectivity index (χ4v) is 2.80. The van der Waals surface area contributed by atoms with Crippen LogP contribution in [0, 0.1) is 13.8 Å². The van der Waals surface area contributed by atoms with Gasteiger partial charge in [-0.15, -0.1) is 0 Å². The lowest BCUT2D eigenvalue weighted by atomic mass is 10.1. The van der Waals surface area contributed by atoms with Gasteiger partial charge in [-0.25, -0.2) is 4.68 Å². The molecule has 3 nitrogen and oxygen atoms in total. The minimum absolute atomic E-state index is 0.110. The molecule has 0 radical (unpaired) electrons. The van der Waals surface area contributed by atoms with Gasteiger partial charge in [-0.2, -0.15) is 5.10 Å². The standard InChI is InChI=1S/C16H21Br2N3/c1-10-15(18)11(2)21(20-10)13-7-6-12(14(17)8-13)9-19-16(3,4)5/h6-8,19H,9H2,1-5H3. The first-order chi connectivity index (χ1) is 9.69. The van der Waals surface area contributed by atoms with Gasteiger partial charge in [0, 0.05) is 16.6 Å². The second-order valence-corrected chi connectivity index (χ2v) is 7.92. The average Bonchev–Trinajstić information content (AvgIpc) is 2.64. The lowest BCUT2D eigenvalue weighted by Gasteiger charge is -2.21. The molecule has 1 heterocycles. The molecule has 2 rings (SSSR count). The molecule has 0 unspecified atom stereocenters. The predicted molar refractivity (Wildman–Crippen MR) is 95.0 cm³/mol. The molecular formula is C16H21Br2N3. The summed E-state index contributed by atoms with van der Waals surface area (Å²) in [5, 5.41) is 8.07. The van der Waals surface area contributed by atoms with Gasteiger partial charge in [-0.05, 0) is 68.2 Å². The summed E-state index contributed by atoms with van der Waals surface area (Å²) in [7, 11) is 0. The van der Waals surface area contributed by atoms with Gasteiger partial charge in [0.05, 0.1) is 21.5 Å². The van der Waals surface area contributed by atoms with E-state index in [-0.39, 0.29) is 5.54 Å². The van der Waals surface area contributed by atoms with E-state index >= 15 is 0 Å². The smallest absolute Gasteiger partial charge is 0.0743 e. The van der Waals surface area contributed by atoms with Crippen LogP contribution in [0.2, 0.25) is 0 Å². The van der Waals surface area contributed by atoms with Crippen LogP contribution in [0.5, 0.6) is 0 Å². The minimum atomic E-state index is 0.110.